The molecule has 22 heavy (non-hydrogen) atoms. The Balaban J connectivity index is 1.76. The van der Waals surface area contributed by atoms with Crippen LogP contribution in [0.1, 0.15) is 28.9 Å². The molecule has 0 fully saturated rings. The molecular weight excluding hydrogens is 346 g/mol. The van der Waals surface area contributed by atoms with E-state index in [0.717, 1.165) is 21.5 Å². The fourth-order valence-corrected chi connectivity index (χ4v) is 2.80. The van der Waals surface area contributed by atoms with Crippen LogP contribution in [0.5, 0.6) is 11.5 Å². The van der Waals surface area contributed by atoms with Crippen molar-refractivity contribution in [3.05, 3.63) is 58.1 Å². The van der Waals surface area contributed by atoms with Gasteiger partial charge in [-0.15, -0.1) is 0 Å². The summed E-state index contributed by atoms with van der Waals surface area (Å²) < 4.78 is 11.9. The summed E-state index contributed by atoms with van der Waals surface area (Å²) in [6.07, 6.45) is 0. The normalized spacial score (nSPS) is 14.3. The van der Waals surface area contributed by atoms with E-state index in [-0.39, 0.29) is 11.9 Å². The van der Waals surface area contributed by atoms with Crippen molar-refractivity contribution in [2.75, 3.05) is 13.2 Å². The molecule has 1 aliphatic heterocycles. The van der Waals surface area contributed by atoms with Crippen LogP contribution in [0.15, 0.2) is 46.9 Å². The van der Waals surface area contributed by atoms with Crippen LogP contribution in [0, 0.1) is 0 Å². The fraction of sp³-hybridized carbons (Fsp3) is 0.235. The maximum Gasteiger partial charge on any atom is 0.252 e. The van der Waals surface area contributed by atoms with Gasteiger partial charge in [-0.05, 0) is 52.7 Å². The lowest BCUT2D eigenvalue weighted by Gasteiger charge is -2.21. The Morgan fingerprint density at radius 2 is 1.86 bits per heavy atom. The van der Waals surface area contributed by atoms with Gasteiger partial charge in [0, 0.05) is 4.47 Å². The molecule has 0 saturated carbocycles. The first-order valence-corrected chi connectivity index (χ1v) is 7.89. The second-order valence-electron chi connectivity index (χ2n) is 5.08. The molecule has 1 unspecified atom stereocenters. The molecule has 5 heteroatoms. The molecule has 1 N–H and O–H groups in total. The van der Waals surface area contributed by atoms with Crippen LogP contribution in [0.4, 0.5) is 0 Å². The lowest BCUT2D eigenvalue weighted by atomic mass is 10.1. The third-order valence-electron chi connectivity index (χ3n) is 3.53. The Morgan fingerprint density at radius 3 is 2.64 bits per heavy atom. The van der Waals surface area contributed by atoms with Crippen molar-refractivity contribution in [3.63, 3.8) is 0 Å². The second kappa shape index (κ2) is 6.40. The van der Waals surface area contributed by atoms with E-state index in [1.165, 1.54) is 0 Å². The van der Waals surface area contributed by atoms with Crippen molar-refractivity contribution < 1.29 is 14.3 Å². The van der Waals surface area contributed by atoms with Crippen molar-refractivity contribution in [2.45, 2.75) is 13.0 Å². The van der Waals surface area contributed by atoms with Crippen LogP contribution >= 0.6 is 15.9 Å². The Kier molecular flexibility index (Phi) is 4.34. The third kappa shape index (κ3) is 3.09. The molecule has 1 atom stereocenters. The van der Waals surface area contributed by atoms with Gasteiger partial charge in [0.2, 0.25) is 0 Å². The molecule has 0 bridgehead atoms. The minimum absolute atomic E-state index is 0.116. The van der Waals surface area contributed by atoms with Crippen LogP contribution in [0.25, 0.3) is 0 Å². The minimum Gasteiger partial charge on any atom is -0.486 e. The highest BCUT2D eigenvalue weighted by molar-refractivity contribution is 9.10. The molecule has 2 aromatic carbocycles. The predicted molar refractivity (Wildman–Crippen MR) is 87.5 cm³/mol. The molecule has 0 saturated heterocycles. The largest absolute Gasteiger partial charge is 0.486 e. The molecule has 0 aromatic heterocycles. The molecule has 2 aromatic rings. The molecule has 0 aliphatic carbocycles. The monoisotopic (exact) mass is 361 g/mol. The van der Waals surface area contributed by atoms with E-state index in [1.54, 1.807) is 6.07 Å². The number of hydrogen-bond acceptors (Lipinski definition) is 3. The SMILES string of the molecule is CC(NC(=O)c1ccccc1Br)c1ccc2c(c1)OCCO2. The van der Waals surface area contributed by atoms with Crippen LogP contribution in [0.3, 0.4) is 0 Å². The van der Waals surface area contributed by atoms with E-state index >= 15 is 0 Å². The first kappa shape index (κ1) is 14.9. The minimum atomic E-state index is -0.129. The summed E-state index contributed by atoms with van der Waals surface area (Å²) in [6.45, 7) is 3.06. The van der Waals surface area contributed by atoms with Gasteiger partial charge >= 0.3 is 0 Å². The van der Waals surface area contributed by atoms with Gasteiger partial charge in [0.1, 0.15) is 13.2 Å². The Bertz CT molecular complexity index is 702. The topological polar surface area (TPSA) is 47.6 Å². The number of hydrogen-bond donors (Lipinski definition) is 1. The van der Waals surface area contributed by atoms with E-state index < -0.39 is 0 Å². The van der Waals surface area contributed by atoms with Gasteiger partial charge in [0.15, 0.2) is 11.5 Å². The molecular formula is C17H16BrNO3. The third-order valence-corrected chi connectivity index (χ3v) is 4.22. The van der Waals surface area contributed by atoms with E-state index in [1.807, 2.05) is 43.3 Å². The molecule has 0 radical (unpaired) electrons. The Hall–Kier alpha value is -2.01. The number of benzene rings is 2. The number of nitrogens with one attached hydrogen (secondary N) is 1. The van der Waals surface area contributed by atoms with Gasteiger partial charge in [-0.3, -0.25) is 4.79 Å². The first-order chi connectivity index (χ1) is 10.6. The molecule has 4 nitrogen and oxygen atoms in total. The van der Waals surface area contributed by atoms with Crippen LogP contribution in [-0.4, -0.2) is 19.1 Å². The van der Waals surface area contributed by atoms with E-state index in [9.17, 15) is 4.79 Å². The van der Waals surface area contributed by atoms with Gasteiger partial charge in [-0.1, -0.05) is 18.2 Å². The highest BCUT2D eigenvalue weighted by atomic mass is 79.9. The van der Waals surface area contributed by atoms with E-state index in [4.69, 9.17) is 9.47 Å². The zero-order valence-corrected chi connectivity index (χ0v) is 13.7. The highest BCUT2D eigenvalue weighted by Crippen LogP contribution is 2.32. The van der Waals surface area contributed by atoms with Gasteiger partial charge in [-0.25, -0.2) is 0 Å². The summed E-state index contributed by atoms with van der Waals surface area (Å²) in [5, 5.41) is 2.99. The number of carbonyl (C=O) groups excluding carboxylic acids is 1. The quantitative estimate of drug-likeness (QED) is 0.906. The number of amides is 1. The lowest BCUT2D eigenvalue weighted by molar-refractivity contribution is 0.0939. The van der Waals surface area contributed by atoms with E-state index in [2.05, 4.69) is 21.2 Å². The summed E-state index contributed by atoms with van der Waals surface area (Å²) >= 11 is 3.39. The van der Waals surface area contributed by atoms with Gasteiger partial charge in [-0.2, -0.15) is 0 Å². The fourth-order valence-electron chi connectivity index (χ4n) is 2.33. The Morgan fingerprint density at radius 1 is 1.14 bits per heavy atom. The average molecular weight is 362 g/mol. The van der Waals surface area contributed by atoms with Crippen molar-refractivity contribution in [3.8, 4) is 11.5 Å². The highest BCUT2D eigenvalue weighted by Gasteiger charge is 2.17. The molecule has 114 valence electrons. The van der Waals surface area contributed by atoms with Crippen molar-refractivity contribution in [2.24, 2.45) is 0 Å². The summed E-state index contributed by atoms with van der Waals surface area (Å²) in [4.78, 5) is 12.3. The molecule has 1 heterocycles. The molecule has 3 rings (SSSR count). The standard InChI is InChI=1S/C17H16BrNO3/c1-11(19-17(20)13-4-2-3-5-14(13)18)12-6-7-15-16(10-12)22-9-8-21-15/h2-7,10-11H,8-9H2,1H3,(H,19,20). The van der Waals surface area contributed by atoms with Gasteiger partial charge in [0.05, 0.1) is 11.6 Å². The maximum atomic E-state index is 12.3. The summed E-state index contributed by atoms with van der Waals surface area (Å²) in [7, 11) is 0. The number of fused-ring (bicyclic) bond motifs is 1. The van der Waals surface area contributed by atoms with Gasteiger partial charge in [0.25, 0.3) is 5.91 Å². The van der Waals surface area contributed by atoms with Gasteiger partial charge < -0.3 is 14.8 Å². The maximum absolute atomic E-state index is 12.3. The molecule has 1 aliphatic rings. The number of halogens is 1. The number of rotatable bonds is 3. The smallest absolute Gasteiger partial charge is 0.252 e. The lowest BCUT2D eigenvalue weighted by Crippen LogP contribution is -2.27. The van der Waals surface area contributed by atoms with Crippen molar-refractivity contribution in [1.82, 2.24) is 5.32 Å². The second-order valence-corrected chi connectivity index (χ2v) is 5.93. The van der Waals surface area contributed by atoms with Crippen LogP contribution in [0.2, 0.25) is 0 Å². The summed E-state index contributed by atoms with van der Waals surface area (Å²) in [5.74, 6) is 1.36. The predicted octanol–water partition coefficient (Wildman–Crippen LogP) is 3.71. The first-order valence-electron chi connectivity index (χ1n) is 7.10. The number of carbonyl (C=O) groups is 1. The molecule has 1 amide bonds. The zero-order chi connectivity index (χ0) is 15.5. The van der Waals surface area contributed by atoms with E-state index in [0.29, 0.717) is 18.8 Å². The van der Waals surface area contributed by atoms with Crippen molar-refractivity contribution in [1.29, 1.82) is 0 Å². The zero-order valence-electron chi connectivity index (χ0n) is 12.1. The van der Waals surface area contributed by atoms with Crippen LogP contribution in [-0.2, 0) is 0 Å². The van der Waals surface area contributed by atoms with Crippen molar-refractivity contribution >= 4 is 21.8 Å². The summed E-state index contributed by atoms with van der Waals surface area (Å²) in [6, 6.07) is 13.0. The average Bonchev–Trinajstić information content (AvgIpc) is 2.54. The van der Waals surface area contributed by atoms with Crippen LogP contribution < -0.4 is 14.8 Å². The molecule has 0 spiro atoms. The summed E-state index contributed by atoms with van der Waals surface area (Å²) in [5.41, 5.74) is 1.59. The number of ether oxygens (including phenoxy) is 2. The Labute approximate surface area is 137 Å².